The van der Waals surface area contributed by atoms with Crippen molar-refractivity contribution in [2.24, 2.45) is 0 Å². The number of nitrogens with one attached hydrogen (secondary N) is 1. The smallest absolute Gasteiger partial charge is 0.253 e. The van der Waals surface area contributed by atoms with E-state index in [1.54, 1.807) is 7.11 Å². The summed E-state index contributed by atoms with van der Waals surface area (Å²) in [5, 5.41) is 7.57. The van der Waals surface area contributed by atoms with Crippen LogP contribution in [0.3, 0.4) is 0 Å². The summed E-state index contributed by atoms with van der Waals surface area (Å²) in [6.07, 6.45) is 0. The molecule has 1 fully saturated rings. The van der Waals surface area contributed by atoms with E-state index in [0.29, 0.717) is 13.1 Å². The van der Waals surface area contributed by atoms with E-state index in [1.807, 2.05) is 60.4 Å². The molecule has 4 rings (SSSR count). The minimum atomic E-state index is 0.101. The highest BCUT2D eigenvalue weighted by atomic mass is 16.5. The number of aryl methyl sites for hydroxylation is 1. The van der Waals surface area contributed by atoms with Crippen LogP contribution in [-0.4, -0.2) is 54.3 Å². The van der Waals surface area contributed by atoms with Gasteiger partial charge in [-0.25, -0.2) is 0 Å². The Morgan fingerprint density at radius 2 is 1.79 bits per heavy atom. The van der Waals surface area contributed by atoms with Gasteiger partial charge in [0.1, 0.15) is 5.75 Å². The lowest BCUT2D eigenvalue weighted by molar-refractivity contribution is 0.0746. The Hall–Kier alpha value is -3.28. The molecule has 6 nitrogen and oxygen atoms in total. The Morgan fingerprint density at radius 1 is 1.04 bits per heavy atom. The average molecular weight is 376 g/mol. The van der Waals surface area contributed by atoms with Gasteiger partial charge in [-0.3, -0.25) is 9.89 Å². The van der Waals surface area contributed by atoms with Crippen LogP contribution in [-0.2, 0) is 0 Å². The van der Waals surface area contributed by atoms with Crippen LogP contribution in [0.1, 0.15) is 15.9 Å². The van der Waals surface area contributed by atoms with E-state index in [2.05, 4.69) is 21.2 Å². The summed E-state index contributed by atoms with van der Waals surface area (Å²) in [7, 11) is 1.66. The fourth-order valence-electron chi connectivity index (χ4n) is 3.49. The van der Waals surface area contributed by atoms with Gasteiger partial charge in [0, 0.05) is 37.8 Å². The minimum Gasteiger partial charge on any atom is -0.497 e. The molecule has 0 radical (unpaired) electrons. The Morgan fingerprint density at radius 3 is 2.46 bits per heavy atom. The second-order valence-electron chi connectivity index (χ2n) is 7.02. The molecule has 1 N–H and O–H groups in total. The summed E-state index contributed by atoms with van der Waals surface area (Å²) in [6, 6.07) is 17.7. The van der Waals surface area contributed by atoms with Crippen molar-refractivity contribution >= 4 is 11.7 Å². The van der Waals surface area contributed by atoms with Gasteiger partial charge in [0.15, 0.2) is 5.82 Å². The third-order valence-corrected chi connectivity index (χ3v) is 5.12. The first-order valence-corrected chi connectivity index (χ1v) is 9.45. The summed E-state index contributed by atoms with van der Waals surface area (Å²) >= 11 is 0. The quantitative estimate of drug-likeness (QED) is 0.759. The molecule has 0 spiro atoms. The molecule has 0 bridgehead atoms. The molecule has 1 aliphatic rings. The lowest BCUT2D eigenvalue weighted by Crippen LogP contribution is -2.49. The van der Waals surface area contributed by atoms with Gasteiger partial charge in [-0.1, -0.05) is 17.7 Å². The Kier molecular flexibility index (Phi) is 5.02. The van der Waals surface area contributed by atoms with Crippen molar-refractivity contribution in [3.63, 3.8) is 0 Å². The number of methoxy groups -OCH3 is 1. The number of hydrogen-bond acceptors (Lipinski definition) is 4. The number of hydrogen-bond donors (Lipinski definition) is 1. The zero-order valence-electron chi connectivity index (χ0n) is 16.2. The second kappa shape index (κ2) is 7.76. The first kappa shape index (κ1) is 18.1. The van der Waals surface area contributed by atoms with E-state index in [9.17, 15) is 4.79 Å². The topological polar surface area (TPSA) is 61.5 Å². The molecule has 2 heterocycles. The lowest BCUT2D eigenvalue weighted by Gasteiger charge is -2.34. The van der Waals surface area contributed by atoms with Crippen molar-refractivity contribution in [3.8, 4) is 17.0 Å². The fourth-order valence-corrected chi connectivity index (χ4v) is 3.49. The van der Waals surface area contributed by atoms with Crippen LogP contribution in [0.2, 0.25) is 0 Å². The molecule has 1 aromatic heterocycles. The van der Waals surface area contributed by atoms with Crippen LogP contribution in [0.5, 0.6) is 5.75 Å². The number of carbonyl (C=O) groups excluding carboxylic acids is 1. The number of rotatable bonds is 4. The van der Waals surface area contributed by atoms with Crippen molar-refractivity contribution in [2.75, 3.05) is 38.2 Å². The Bertz CT molecular complexity index is 957. The van der Waals surface area contributed by atoms with Gasteiger partial charge in [0.25, 0.3) is 5.91 Å². The van der Waals surface area contributed by atoms with Crippen LogP contribution in [0, 0.1) is 6.92 Å². The molecular formula is C22H24N4O2. The minimum absolute atomic E-state index is 0.101. The van der Waals surface area contributed by atoms with Gasteiger partial charge in [-0.05, 0) is 48.9 Å². The number of benzene rings is 2. The number of aromatic nitrogens is 2. The standard InChI is InChI=1S/C22H24N4O2/c1-16-4-3-5-18(14-16)22(27)26-12-10-25(11-13-26)21-15-20(23-24-21)17-6-8-19(28-2)9-7-17/h3-9,14-15H,10-13H2,1-2H3,(H,23,24). The zero-order valence-corrected chi connectivity index (χ0v) is 16.2. The molecular weight excluding hydrogens is 352 g/mol. The van der Waals surface area contributed by atoms with Crippen LogP contribution in [0.25, 0.3) is 11.3 Å². The summed E-state index contributed by atoms with van der Waals surface area (Å²) < 4.78 is 5.21. The first-order valence-electron chi connectivity index (χ1n) is 9.45. The van der Waals surface area contributed by atoms with E-state index in [-0.39, 0.29) is 5.91 Å². The van der Waals surface area contributed by atoms with E-state index in [4.69, 9.17) is 4.74 Å². The maximum absolute atomic E-state index is 12.7. The van der Waals surface area contributed by atoms with Crippen molar-refractivity contribution < 1.29 is 9.53 Å². The second-order valence-corrected chi connectivity index (χ2v) is 7.02. The number of nitrogens with zero attached hydrogens (tertiary/aromatic N) is 3. The maximum Gasteiger partial charge on any atom is 0.253 e. The normalized spacial score (nSPS) is 14.2. The number of piperazine rings is 1. The Labute approximate surface area is 164 Å². The number of ether oxygens (including phenoxy) is 1. The molecule has 3 aromatic rings. The fraction of sp³-hybridized carbons (Fsp3) is 0.273. The third-order valence-electron chi connectivity index (χ3n) is 5.12. The van der Waals surface area contributed by atoms with Crippen LogP contribution < -0.4 is 9.64 Å². The number of carbonyl (C=O) groups is 1. The molecule has 0 atom stereocenters. The number of H-pyrrole nitrogens is 1. The van der Waals surface area contributed by atoms with E-state index in [1.165, 1.54) is 0 Å². The SMILES string of the molecule is COc1ccc(-c2cc(N3CCN(C(=O)c4cccc(C)c4)CC3)n[nH]2)cc1. The van der Waals surface area contributed by atoms with E-state index < -0.39 is 0 Å². The van der Waals surface area contributed by atoms with E-state index >= 15 is 0 Å². The molecule has 144 valence electrons. The molecule has 6 heteroatoms. The molecule has 1 aliphatic heterocycles. The molecule has 0 aliphatic carbocycles. The highest BCUT2D eigenvalue weighted by Gasteiger charge is 2.23. The lowest BCUT2D eigenvalue weighted by atomic mass is 10.1. The van der Waals surface area contributed by atoms with Crippen LogP contribution >= 0.6 is 0 Å². The largest absolute Gasteiger partial charge is 0.497 e. The molecule has 0 saturated carbocycles. The van der Waals surface area contributed by atoms with Crippen LogP contribution in [0.15, 0.2) is 54.6 Å². The van der Waals surface area contributed by atoms with Gasteiger partial charge in [0.2, 0.25) is 0 Å². The first-order chi connectivity index (χ1) is 13.6. The summed E-state index contributed by atoms with van der Waals surface area (Å²) in [6.45, 7) is 4.93. The van der Waals surface area contributed by atoms with Crippen molar-refractivity contribution in [2.45, 2.75) is 6.92 Å². The average Bonchev–Trinajstić information content (AvgIpc) is 3.24. The van der Waals surface area contributed by atoms with Crippen molar-refractivity contribution in [1.29, 1.82) is 0 Å². The predicted octanol–water partition coefficient (Wildman–Crippen LogP) is 3.36. The van der Waals surface area contributed by atoms with Gasteiger partial charge in [0.05, 0.1) is 12.8 Å². The van der Waals surface area contributed by atoms with Crippen molar-refractivity contribution in [1.82, 2.24) is 15.1 Å². The highest BCUT2D eigenvalue weighted by molar-refractivity contribution is 5.94. The van der Waals surface area contributed by atoms with Crippen LogP contribution in [0.4, 0.5) is 5.82 Å². The Balaban J connectivity index is 1.40. The van der Waals surface area contributed by atoms with Gasteiger partial charge in [-0.15, -0.1) is 0 Å². The number of aromatic amines is 1. The van der Waals surface area contributed by atoms with Gasteiger partial charge >= 0.3 is 0 Å². The maximum atomic E-state index is 12.7. The summed E-state index contributed by atoms with van der Waals surface area (Å²) in [5.74, 6) is 1.84. The van der Waals surface area contributed by atoms with Gasteiger partial charge < -0.3 is 14.5 Å². The number of amides is 1. The number of anilines is 1. The molecule has 1 amide bonds. The van der Waals surface area contributed by atoms with Crippen molar-refractivity contribution in [3.05, 3.63) is 65.7 Å². The molecule has 0 unspecified atom stereocenters. The van der Waals surface area contributed by atoms with Gasteiger partial charge in [-0.2, -0.15) is 5.10 Å². The summed E-state index contributed by atoms with van der Waals surface area (Å²) in [4.78, 5) is 16.8. The zero-order chi connectivity index (χ0) is 19.5. The third kappa shape index (κ3) is 3.71. The highest BCUT2D eigenvalue weighted by Crippen LogP contribution is 2.24. The van der Waals surface area contributed by atoms with E-state index in [0.717, 1.165) is 47.0 Å². The molecule has 28 heavy (non-hydrogen) atoms. The monoisotopic (exact) mass is 376 g/mol. The summed E-state index contributed by atoms with van der Waals surface area (Å²) in [5.41, 5.74) is 3.89. The predicted molar refractivity (Wildman–Crippen MR) is 110 cm³/mol. The molecule has 2 aromatic carbocycles. The molecule has 1 saturated heterocycles.